The molecule has 2 aliphatic heterocycles. The van der Waals surface area contributed by atoms with Gasteiger partial charge in [-0.25, -0.2) is 9.40 Å². The lowest BCUT2D eigenvalue weighted by atomic mass is 10.1. The molecule has 0 spiro atoms. The first-order valence-electron chi connectivity index (χ1n) is 10.9. The Morgan fingerprint density at radius 3 is 2.24 bits per heavy atom. The normalized spacial score (nSPS) is 16.1. The fraction of sp³-hybridized carbons (Fsp3) is 0.333. The number of hydrogen-bond acceptors (Lipinski definition) is 4. The predicted octanol–water partition coefficient (Wildman–Crippen LogP) is 3.18. The first-order valence-corrected chi connectivity index (χ1v) is 11.3. The molecule has 2 aromatic rings. The molecule has 0 radical (unpaired) electrons. The van der Waals surface area contributed by atoms with Gasteiger partial charge in [-0.3, -0.25) is 14.4 Å². The lowest BCUT2D eigenvalue weighted by Crippen LogP contribution is -2.50. The Morgan fingerprint density at radius 2 is 1.55 bits per heavy atom. The van der Waals surface area contributed by atoms with Gasteiger partial charge in [-0.1, -0.05) is 41.9 Å². The molecule has 2 heterocycles. The summed E-state index contributed by atoms with van der Waals surface area (Å²) in [5, 5.41) is 5.93. The standard InChI is InChI=1S/C24H24ClFN4O3/c25-20-16-18(26)6-7-19(20)24(33)29-14-12-28(13-15-29)22(31)8-9-23(32)30-11-10-21(27-30)17-4-2-1-3-5-17/h1-7,16H,8-15H2. The molecule has 7 nitrogen and oxygen atoms in total. The molecule has 33 heavy (non-hydrogen) atoms. The molecule has 2 aromatic carbocycles. The third kappa shape index (κ3) is 5.39. The van der Waals surface area contributed by atoms with E-state index in [1.807, 2.05) is 30.3 Å². The van der Waals surface area contributed by atoms with Crippen molar-refractivity contribution in [3.8, 4) is 0 Å². The minimum absolute atomic E-state index is 0.0667. The maximum atomic E-state index is 13.2. The van der Waals surface area contributed by atoms with Crippen LogP contribution in [-0.4, -0.2) is 71.0 Å². The van der Waals surface area contributed by atoms with E-state index in [1.54, 1.807) is 9.80 Å². The summed E-state index contributed by atoms with van der Waals surface area (Å²) in [4.78, 5) is 41.0. The minimum Gasteiger partial charge on any atom is -0.339 e. The zero-order chi connectivity index (χ0) is 23.4. The SMILES string of the molecule is O=C(CCC(=O)N1CCC(c2ccccc2)=N1)N1CCN(C(=O)c2ccc(F)cc2Cl)CC1. The maximum Gasteiger partial charge on any atom is 0.255 e. The van der Waals surface area contributed by atoms with Gasteiger partial charge in [-0.2, -0.15) is 5.10 Å². The summed E-state index contributed by atoms with van der Waals surface area (Å²) in [5.74, 6) is -1.09. The van der Waals surface area contributed by atoms with Gasteiger partial charge in [0.15, 0.2) is 0 Å². The number of piperazine rings is 1. The Balaban J connectivity index is 1.24. The third-order valence-corrected chi connectivity index (χ3v) is 6.14. The number of amides is 3. The van der Waals surface area contributed by atoms with Gasteiger partial charge in [-0.15, -0.1) is 0 Å². The van der Waals surface area contributed by atoms with Crippen LogP contribution in [0.2, 0.25) is 5.02 Å². The van der Waals surface area contributed by atoms with E-state index >= 15 is 0 Å². The summed E-state index contributed by atoms with van der Waals surface area (Å²) < 4.78 is 13.2. The second kappa shape index (κ2) is 10.1. The molecule has 172 valence electrons. The highest BCUT2D eigenvalue weighted by atomic mass is 35.5. The fourth-order valence-corrected chi connectivity index (χ4v) is 4.21. The quantitative estimate of drug-likeness (QED) is 0.673. The number of nitrogens with zero attached hydrogens (tertiary/aromatic N) is 4. The van der Waals surface area contributed by atoms with Gasteiger partial charge in [0.25, 0.3) is 5.91 Å². The first-order chi connectivity index (χ1) is 15.9. The molecule has 3 amide bonds. The number of halogens is 2. The van der Waals surface area contributed by atoms with Gasteiger partial charge in [0.1, 0.15) is 5.82 Å². The Hall–Kier alpha value is -3.26. The van der Waals surface area contributed by atoms with E-state index in [1.165, 1.54) is 17.1 Å². The monoisotopic (exact) mass is 470 g/mol. The molecule has 0 aliphatic carbocycles. The van der Waals surface area contributed by atoms with Crippen LogP contribution in [0, 0.1) is 5.82 Å². The van der Waals surface area contributed by atoms with Crippen molar-refractivity contribution in [3.63, 3.8) is 0 Å². The molecule has 4 rings (SSSR count). The molecule has 1 saturated heterocycles. The lowest BCUT2D eigenvalue weighted by Gasteiger charge is -2.35. The minimum atomic E-state index is -0.502. The van der Waals surface area contributed by atoms with Crippen molar-refractivity contribution in [3.05, 3.63) is 70.5 Å². The molecular formula is C24H24ClFN4O3. The highest BCUT2D eigenvalue weighted by Crippen LogP contribution is 2.20. The number of rotatable bonds is 5. The zero-order valence-corrected chi connectivity index (χ0v) is 18.8. The molecule has 1 fully saturated rings. The van der Waals surface area contributed by atoms with Gasteiger partial charge in [0.05, 0.1) is 22.8 Å². The van der Waals surface area contributed by atoms with Crippen LogP contribution in [-0.2, 0) is 9.59 Å². The molecule has 0 unspecified atom stereocenters. The summed E-state index contributed by atoms with van der Waals surface area (Å²) in [6, 6.07) is 13.4. The van der Waals surface area contributed by atoms with E-state index in [0.29, 0.717) is 39.1 Å². The molecule has 0 aromatic heterocycles. The van der Waals surface area contributed by atoms with E-state index in [9.17, 15) is 18.8 Å². The topological polar surface area (TPSA) is 73.3 Å². The van der Waals surface area contributed by atoms with Crippen molar-refractivity contribution in [1.82, 2.24) is 14.8 Å². The summed E-state index contributed by atoms with van der Waals surface area (Å²) in [5.41, 5.74) is 2.11. The predicted molar refractivity (Wildman–Crippen MR) is 122 cm³/mol. The Bertz CT molecular complexity index is 1080. The van der Waals surface area contributed by atoms with Crippen molar-refractivity contribution < 1.29 is 18.8 Å². The van der Waals surface area contributed by atoms with Crippen molar-refractivity contribution in [2.75, 3.05) is 32.7 Å². The summed E-state index contributed by atoms with van der Waals surface area (Å²) in [6.07, 6.45) is 0.885. The van der Waals surface area contributed by atoms with Gasteiger partial charge < -0.3 is 9.80 Å². The van der Waals surface area contributed by atoms with Crippen LogP contribution >= 0.6 is 11.6 Å². The largest absolute Gasteiger partial charge is 0.339 e. The second-order valence-electron chi connectivity index (χ2n) is 7.98. The van der Waals surface area contributed by atoms with Crippen molar-refractivity contribution in [2.24, 2.45) is 5.10 Å². The molecule has 0 atom stereocenters. The van der Waals surface area contributed by atoms with Gasteiger partial charge in [-0.05, 0) is 23.8 Å². The van der Waals surface area contributed by atoms with Crippen LogP contribution in [0.5, 0.6) is 0 Å². The van der Waals surface area contributed by atoms with Crippen molar-refractivity contribution in [2.45, 2.75) is 19.3 Å². The summed E-state index contributed by atoms with van der Waals surface area (Å²) in [6.45, 7) is 1.96. The molecule has 9 heteroatoms. The number of hydrazone groups is 1. The molecule has 0 saturated carbocycles. The van der Waals surface area contributed by atoms with Crippen LogP contribution in [0.15, 0.2) is 53.6 Å². The molecule has 0 N–H and O–H groups in total. The van der Waals surface area contributed by atoms with E-state index < -0.39 is 5.82 Å². The van der Waals surface area contributed by atoms with Gasteiger partial charge in [0.2, 0.25) is 11.8 Å². The second-order valence-corrected chi connectivity index (χ2v) is 8.38. The zero-order valence-electron chi connectivity index (χ0n) is 18.0. The number of hydrogen-bond donors (Lipinski definition) is 0. The average Bonchev–Trinajstić information content (AvgIpc) is 3.33. The van der Waals surface area contributed by atoms with Crippen LogP contribution in [0.3, 0.4) is 0 Å². The smallest absolute Gasteiger partial charge is 0.255 e. The lowest BCUT2D eigenvalue weighted by molar-refractivity contribution is -0.137. The van der Waals surface area contributed by atoms with E-state index in [2.05, 4.69) is 5.10 Å². The van der Waals surface area contributed by atoms with Crippen LogP contribution < -0.4 is 0 Å². The van der Waals surface area contributed by atoms with Crippen LogP contribution in [0.4, 0.5) is 4.39 Å². The van der Waals surface area contributed by atoms with Crippen molar-refractivity contribution in [1.29, 1.82) is 0 Å². The molecule has 0 bridgehead atoms. The van der Waals surface area contributed by atoms with Crippen LogP contribution in [0.1, 0.15) is 35.2 Å². The van der Waals surface area contributed by atoms with Gasteiger partial charge >= 0.3 is 0 Å². The summed E-state index contributed by atoms with van der Waals surface area (Å²) >= 11 is 5.99. The number of carbonyl (C=O) groups excluding carboxylic acids is 3. The average molecular weight is 471 g/mol. The highest BCUT2D eigenvalue weighted by Gasteiger charge is 2.27. The first kappa shape index (κ1) is 22.9. The number of carbonyl (C=O) groups is 3. The maximum absolute atomic E-state index is 13.2. The van der Waals surface area contributed by atoms with E-state index in [-0.39, 0.29) is 41.1 Å². The Morgan fingerprint density at radius 1 is 0.879 bits per heavy atom. The third-order valence-electron chi connectivity index (χ3n) is 5.83. The molecule has 2 aliphatic rings. The van der Waals surface area contributed by atoms with Gasteiger partial charge in [0, 0.05) is 45.4 Å². The Labute approximate surface area is 196 Å². The molecular weight excluding hydrogens is 447 g/mol. The Kier molecular flexibility index (Phi) is 7.03. The summed E-state index contributed by atoms with van der Waals surface area (Å²) in [7, 11) is 0. The van der Waals surface area contributed by atoms with E-state index in [0.717, 1.165) is 17.3 Å². The fourth-order valence-electron chi connectivity index (χ4n) is 3.96. The number of benzene rings is 2. The van der Waals surface area contributed by atoms with E-state index in [4.69, 9.17) is 11.6 Å². The highest BCUT2D eigenvalue weighted by molar-refractivity contribution is 6.33. The van der Waals surface area contributed by atoms with Crippen molar-refractivity contribution >= 4 is 35.0 Å². The van der Waals surface area contributed by atoms with Crippen LogP contribution in [0.25, 0.3) is 0 Å².